The first-order valence-electron chi connectivity index (χ1n) is 8.48. The largest absolute Gasteiger partial charge is 0.342 e. The number of likely N-dealkylation sites (tertiary alicyclic amines) is 1. The Kier molecular flexibility index (Phi) is 5.10. The van der Waals surface area contributed by atoms with Gasteiger partial charge in [0.15, 0.2) is 0 Å². The Balaban J connectivity index is 1.63. The summed E-state index contributed by atoms with van der Waals surface area (Å²) >= 11 is 0. The highest BCUT2D eigenvalue weighted by atomic mass is 32.2. The second-order valence-electron chi connectivity index (χ2n) is 6.65. The zero-order valence-electron chi connectivity index (χ0n) is 14.6. The number of H-pyrrole nitrogens is 1. The molecular formula is C17H24N4O3S. The lowest BCUT2D eigenvalue weighted by atomic mass is 9.97. The molecule has 7 nitrogen and oxygen atoms in total. The molecule has 3 rings (SSSR count). The number of hydrogen-bond donors (Lipinski definition) is 1. The van der Waals surface area contributed by atoms with Gasteiger partial charge in [-0.2, -0.15) is 0 Å². The van der Waals surface area contributed by atoms with Crippen LogP contribution in [-0.4, -0.2) is 66.4 Å². The first kappa shape index (κ1) is 17.9. The molecule has 1 aliphatic rings. The standard InChI is InChI=1S/C17H24N4O3S/c1-20(25(2,23)24)11-9-16(22)21-10-5-6-13(12-21)17-18-14-7-3-4-8-15(14)19-17/h3-4,7-8,13H,5-6,9-12H2,1-2H3,(H,18,19)/t13-/m0/s1. The van der Waals surface area contributed by atoms with Gasteiger partial charge in [0, 0.05) is 39.0 Å². The third-order valence-electron chi connectivity index (χ3n) is 4.78. The second-order valence-corrected chi connectivity index (χ2v) is 8.74. The number of sulfonamides is 1. The number of fused-ring (bicyclic) bond motifs is 1. The van der Waals surface area contributed by atoms with Crippen molar-refractivity contribution in [3.05, 3.63) is 30.1 Å². The lowest BCUT2D eigenvalue weighted by Gasteiger charge is -2.32. The molecule has 25 heavy (non-hydrogen) atoms. The topological polar surface area (TPSA) is 86.4 Å². The molecule has 0 saturated carbocycles. The van der Waals surface area contributed by atoms with Crippen molar-refractivity contribution >= 4 is 27.0 Å². The van der Waals surface area contributed by atoms with E-state index in [1.54, 1.807) is 0 Å². The van der Waals surface area contributed by atoms with Crippen LogP contribution in [-0.2, 0) is 14.8 Å². The number of rotatable bonds is 5. The van der Waals surface area contributed by atoms with E-state index in [-0.39, 0.29) is 24.8 Å². The van der Waals surface area contributed by atoms with E-state index in [2.05, 4.69) is 9.97 Å². The van der Waals surface area contributed by atoms with E-state index >= 15 is 0 Å². The van der Waals surface area contributed by atoms with Gasteiger partial charge in [-0.3, -0.25) is 4.79 Å². The van der Waals surface area contributed by atoms with E-state index < -0.39 is 10.0 Å². The molecule has 2 aromatic rings. The summed E-state index contributed by atoms with van der Waals surface area (Å²) in [5.74, 6) is 1.11. The molecule has 0 aliphatic carbocycles. The second kappa shape index (κ2) is 7.13. The van der Waals surface area contributed by atoms with Gasteiger partial charge in [-0.05, 0) is 25.0 Å². The average molecular weight is 364 g/mol. The van der Waals surface area contributed by atoms with Gasteiger partial charge in [-0.25, -0.2) is 17.7 Å². The zero-order valence-corrected chi connectivity index (χ0v) is 15.4. The molecule has 0 bridgehead atoms. The first-order valence-corrected chi connectivity index (χ1v) is 10.3. The number of nitrogens with zero attached hydrogens (tertiary/aromatic N) is 3. The number of amides is 1. The molecule has 1 aromatic heterocycles. The van der Waals surface area contributed by atoms with Gasteiger partial charge in [0.05, 0.1) is 17.3 Å². The Morgan fingerprint density at radius 3 is 2.88 bits per heavy atom. The minimum absolute atomic E-state index is 0.00342. The molecule has 1 aromatic carbocycles. The molecule has 1 N–H and O–H groups in total. The van der Waals surface area contributed by atoms with Gasteiger partial charge in [0.2, 0.25) is 15.9 Å². The molecule has 1 atom stereocenters. The van der Waals surface area contributed by atoms with E-state index in [0.29, 0.717) is 6.54 Å². The first-order chi connectivity index (χ1) is 11.8. The van der Waals surface area contributed by atoms with E-state index in [1.807, 2.05) is 29.2 Å². The summed E-state index contributed by atoms with van der Waals surface area (Å²) < 4.78 is 24.1. The summed E-state index contributed by atoms with van der Waals surface area (Å²) in [6, 6.07) is 7.90. The number of aromatic nitrogens is 2. The maximum atomic E-state index is 12.5. The number of aromatic amines is 1. The fourth-order valence-corrected chi connectivity index (χ4v) is 3.59. The minimum Gasteiger partial charge on any atom is -0.342 e. The van der Waals surface area contributed by atoms with Crippen molar-refractivity contribution in [2.45, 2.75) is 25.2 Å². The molecule has 136 valence electrons. The highest BCUT2D eigenvalue weighted by Gasteiger charge is 2.27. The van der Waals surface area contributed by atoms with Crippen molar-refractivity contribution in [1.29, 1.82) is 0 Å². The summed E-state index contributed by atoms with van der Waals surface area (Å²) in [4.78, 5) is 22.3. The van der Waals surface area contributed by atoms with Gasteiger partial charge in [0.25, 0.3) is 0 Å². The number of carbonyl (C=O) groups excluding carboxylic acids is 1. The van der Waals surface area contributed by atoms with Crippen LogP contribution in [0.2, 0.25) is 0 Å². The molecule has 0 radical (unpaired) electrons. The fraction of sp³-hybridized carbons (Fsp3) is 0.529. The Hall–Kier alpha value is -1.93. The Labute approximate surface area is 148 Å². The van der Waals surface area contributed by atoms with Crippen molar-refractivity contribution in [1.82, 2.24) is 19.2 Å². The molecule has 1 amide bonds. The summed E-state index contributed by atoms with van der Waals surface area (Å²) in [5.41, 5.74) is 1.95. The number of benzene rings is 1. The van der Waals surface area contributed by atoms with E-state index in [9.17, 15) is 13.2 Å². The fourth-order valence-electron chi connectivity index (χ4n) is 3.17. The van der Waals surface area contributed by atoms with Crippen molar-refractivity contribution < 1.29 is 13.2 Å². The minimum atomic E-state index is -3.25. The van der Waals surface area contributed by atoms with Crippen LogP contribution >= 0.6 is 0 Å². The SMILES string of the molecule is CN(CCC(=O)N1CCC[C@H](c2nc3ccccc3[nH]2)C1)S(C)(=O)=O. The molecule has 0 spiro atoms. The van der Waals surface area contributed by atoms with Crippen LogP contribution in [0.25, 0.3) is 11.0 Å². The van der Waals surface area contributed by atoms with Crippen LogP contribution in [0.5, 0.6) is 0 Å². The normalized spacial score (nSPS) is 18.8. The van der Waals surface area contributed by atoms with Crippen molar-refractivity contribution in [2.24, 2.45) is 0 Å². The zero-order chi connectivity index (χ0) is 18.0. The van der Waals surface area contributed by atoms with Gasteiger partial charge < -0.3 is 9.88 Å². The van der Waals surface area contributed by atoms with Crippen LogP contribution in [0.3, 0.4) is 0 Å². The molecule has 1 fully saturated rings. The molecule has 1 aliphatic heterocycles. The smallest absolute Gasteiger partial charge is 0.223 e. The number of nitrogens with one attached hydrogen (secondary N) is 1. The maximum Gasteiger partial charge on any atom is 0.223 e. The monoisotopic (exact) mass is 364 g/mol. The van der Waals surface area contributed by atoms with E-state index in [1.165, 1.54) is 11.4 Å². The van der Waals surface area contributed by atoms with Gasteiger partial charge in [-0.15, -0.1) is 0 Å². The lowest BCUT2D eigenvalue weighted by Crippen LogP contribution is -2.41. The number of piperidine rings is 1. The number of para-hydroxylation sites is 2. The molecule has 8 heteroatoms. The number of hydrogen-bond acceptors (Lipinski definition) is 4. The van der Waals surface area contributed by atoms with Crippen molar-refractivity contribution in [2.75, 3.05) is 32.9 Å². The lowest BCUT2D eigenvalue weighted by molar-refractivity contribution is -0.132. The maximum absolute atomic E-state index is 12.5. The van der Waals surface area contributed by atoms with Crippen LogP contribution in [0, 0.1) is 0 Å². The van der Waals surface area contributed by atoms with E-state index in [0.717, 1.165) is 42.5 Å². The highest BCUT2D eigenvalue weighted by Crippen LogP contribution is 2.27. The van der Waals surface area contributed by atoms with Crippen LogP contribution < -0.4 is 0 Å². The Bertz CT molecular complexity index is 829. The molecule has 1 saturated heterocycles. The van der Waals surface area contributed by atoms with Crippen molar-refractivity contribution in [3.63, 3.8) is 0 Å². The summed E-state index contributed by atoms with van der Waals surface area (Å²) in [6.07, 6.45) is 3.27. The predicted octanol–water partition coefficient (Wildman–Crippen LogP) is 1.55. The third-order valence-corrected chi connectivity index (χ3v) is 6.09. The molecular weight excluding hydrogens is 340 g/mol. The summed E-state index contributed by atoms with van der Waals surface area (Å²) in [5, 5.41) is 0. The third kappa shape index (κ3) is 4.19. The van der Waals surface area contributed by atoms with Crippen molar-refractivity contribution in [3.8, 4) is 0 Å². The highest BCUT2D eigenvalue weighted by molar-refractivity contribution is 7.88. The van der Waals surface area contributed by atoms with Crippen LogP contribution in [0.4, 0.5) is 0 Å². The summed E-state index contributed by atoms with van der Waals surface area (Å²) in [6.45, 7) is 1.56. The van der Waals surface area contributed by atoms with Crippen LogP contribution in [0.15, 0.2) is 24.3 Å². The van der Waals surface area contributed by atoms with E-state index in [4.69, 9.17) is 0 Å². The van der Waals surface area contributed by atoms with Gasteiger partial charge in [0.1, 0.15) is 5.82 Å². The van der Waals surface area contributed by atoms with Gasteiger partial charge >= 0.3 is 0 Å². The molecule has 2 heterocycles. The number of carbonyl (C=O) groups is 1. The Morgan fingerprint density at radius 1 is 1.40 bits per heavy atom. The molecule has 0 unspecified atom stereocenters. The quantitative estimate of drug-likeness (QED) is 0.872. The van der Waals surface area contributed by atoms with Gasteiger partial charge in [-0.1, -0.05) is 12.1 Å². The predicted molar refractivity (Wildman–Crippen MR) is 96.7 cm³/mol. The van der Waals surface area contributed by atoms with Crippen LogP contribution in [0.1, 0.15) is 31.0 Å². The number of imidazole rings is 1. The summed E-state index contributed by atoms with van der Waals surface area (Å²) in [7, 11) is -1.75. The Morgan fingerprint density at radius 2 is 2.16 bits per heavy atom. The average Bonchev–Trinajstić information content (AvgIpc) is 3.02.